The van der Waals surface area contributed by atoms with Crippen LogP contribution in [0.2, 0.25) is 0 Å². The van der Waals surface area contributed by atoms with Crippen molar-refractivity contribution in [1.82, 2.24) is 39.5 Å². The molecule has 0 unspecified atom stereocenters. The van der Waals surface area contributed by atoms with Crippen LogP contribution in [0.1, 0.15) is 0 Å². The number of nitrogens with zero attached hydrogens (tertiary/aromatic N) is 8. The number of fused-ring (bicyclic) bond motifs is 1. The maximum Gasteiger partial charge on any atom is 0.164 e. The van der Waals surface area contributed by atoms with E-state index in [1.54, 1.807) is 0 Å². The zero-order valence-electron chi connectivity index (χ0n) is 33.9. The summed E-state index contributed by atoms with van der Waals surface area (Å²) in [4.78, 5) is 35.6. The molecule has 3 heterocycles. The molecule has 0 aliphatic heterocycles. The summed E-state index contributed by atoms with van der Waals surface area (Å²) in [5, 5.41) is 0. The Morgan fingerprint density at radius 3 is 1.00 bits per heavy atom. The lowest BCUT2D eigenvalue weighted by Crippen LogP contribution is -2.02. The van der Waals surface area contributed by atoms with Crippen LogP contribution in [-0.4, -0.2) is 39.5 Å². The molecular weight excluding hydrogens is 773 g/mol. The van der Waals surface area contributed by atoms with Gasteiger partial charge in [0.25, 0.3) is 0 Å². The summed E-state index contributed by atoms with van der Waals surface area (Å²) in [7, 11) is 0. The van der Waals surface area contributed by atoms with Gasteiger partial charge in [-0.05, 0) is 53.6 Å². The molecule has 0 atom stereocenters. The zero-order chi connectivity index (χ0) is 42.0. The van der Waals surface area contributed by atoms with Crippen molar-refractivity contribution in [3.63, 3.8) is 0 Å². The SMILES string of the molecule is c1ccc(-c2nc(-c3ccccc3)nc(-c3cc(-c4ccc(-c5nc6ccccc6n5-c5ccccc5)cc4)cc(-c4nc(-c5ccccc5)nc(-c5ccccc5)n4)c3)n2)cc1. The first kappa shape index (κ1) is 37.3. The van der Waals surface area contributed by atoms with E-state index in [1.807, 2.05) is 133 Å². The fourth-order valence-electron chi connectivity index (χ4n) is 7.80. The van der Waals surface area contributed by atoms with Gasteiger partial charge in [0.1, 0.15) is 5.82 Å². The highest BCUT2D eigenvalue weighted by atomic mass is 15.1. The van der Waals surface area contributed by atoms with E-state index < -0.39 is 0 Å². The van der Waals surface area contributed by atoms with Crippen LogP contribution in [0.4, 0.5) is 0 Å². The average Bonchev–Trinajstić information content (AvgIpc) is 3.77. The summed E-state index contributed by atoms with van der Waals surface area (Å²) in [6, 6.07) is 73.6. The van der Waals surface area contributed by atoms with Crippen LogP contribution in [0.15, 0.2) is 218 Å². The smallest absolute Gasteiger partial charge is 0.164 e. The van der Waals surface area contributed by atoms with Crippen molar-refractivity contribution in [1.29, 1.82) is 0 Å². The number of benzene rings is 8. The zero-order valence-corrected chi connectivity index (χ0v) is 33.9. The van der Waals surface area contributed by atoms with Gasteiger partial charge < -0.3 is 0 Å². The lowest BCUT2D eigenvalue weighted by molar-refractivity contribution is 1.07. The highest BCUT2D eigenvalue weighted by Crippen LogP contribution is 2.36. The molecule has 8 nitrogen and oxygen atoms in total. The van der Waals surface area contributed by atoms with E-state index in [1.165, 1.54) is 0 Å². The minimum atomic E-state index is 0.527. The van der Waals surface area contributed by atoms with Gasteiger partial charge in [-0.25, -0.2) is 34.9 Å². The molecule has 11 aromatic rings. The number of aromatic nitrogens is 8. The van der Waals surface area contributed by atoms with Gasteiger partial charge in [-0.2, -0.15) is 0 Å². The molecular formula is C55H36N8. The maximum absolute atomic E-state index is 5.13. The summed E-state index contributed by atoms with van der Waals surface area (Å²) < 4.78 is 2.22. The van der Waals surface area contributed by atoms with Crippen LogP contribution in [-0.2, 0) is 0 Å². The quantitative estimate of drug-likeness (QED) is 0.143. The van der Waals surface area contributed by atoms with Crippen molar-refractivity contribution in [3.05, 3.63) is 218 Å². The molecule has 8 heteroatoms. The second kappa shape index (κ2) is 16.4. The van der Waals surface area contributed by atoms with E-state index >= 15 is 0 Å². The topological polar surface area (TPSA) is 95.2 Å². The summed E-state index contributed by atoms with van der Waals surface area (Å²) in [5.74, 6) is 4.23. The molecule has 0 radical (unpaired) electrons. The molecule has 0 aliphatic rings. The minimum Gasteiger partial charge on any atom is -0.292 e. The summed E-state index contributed by atoms with van der Waals surface area (Å²) in [6.07, 6.45) is 0. The molecule has 0 saturated carbocycles. The van der Waals surface area contributed by atoms with Crippen molar-refractivity contribution in [2.24, 2.45) is 0 Å². The molecule has 0 N–H and O–H groups in total. The lowest BCUT2D eigenvalue weighted by Gasteiger charge is -2.13. The first-order valence-electron chi connectivity index (χ1n) is 20.7. The fourth-order valence-corrected chi connectivity index (χ4v) is 7.80. The van der Waals surface area contributed by atoms with Crippen molar-refractivity contribution in [3.8, 4) is 96.5 Å². The van der Waals surface area contributed by atoms with E-state index in [4.69, 9.17) is 34.9 Å². The Bertz CT molecular complexity index is 3100. The summed E-state index contributed by atoms with van der Waals surface area (Å²) in [5.41, 5.74) is 11.1. The monoisotopic (exact) mass is 808 g/mol. The van der Waals surface area contributed by atoms with Gasteiger partial charge >= 0.3 is 0 Å². The van der Waals surface area contributed by atoms with Gasteiger partial charge in [0.2, 0.25) is 0 Å². The third kappa shape index (κ3) is 7.53. The standard InChI is InChI=1S/C55H36N8/c1-6-18-38(19-7-1)49-57-50(39-20-8-2-9-21-39)60-53(59-49)44-34-43(35-45(36-44)54-61-51(40-22-10-3-11-23-40)58-52(62-54)41-24-12-4-13-25-41)37-30-32-42(33-31-37)55-56-47-28-16-17-29-48(47)63(55)46-26-14-5-15-27-46/h1-36H. The van der Waals surface area contributed by atoms with Gasteiger partial charge in [0.15, 0.2) is 34.9 Å². The molecule has 8 aromatic carbocycles. The van der Waals surface area contributed by atoms with Crippen LogP contribution >= 0.6 is 0 Å². The molecule has 0 saturated heterocycles. The second-order valence-corrected chi connectivity index (χ2v) is 15.0. The predicted molar refractivity (Wildman–Crippen MR) is 251 cm³/mol. The van der Waals surface area contributed by atoms with E-state index in [0.29, 0.717) is 34.9 Å². The van der Waals surface area contributed by atoms with Crippen LogP contribution in [0.25, 0.3) is 108 Å². The Balaban J connectivity index is 1.11. The Labute approximate surface area is 364 Å². The first-order valence-corrected chi connectivity index (χ1v) is 20.7. The third-order valence-electron chi connectivity index (χ3n) is 10.9. The maximum atomic E-state index is 5.13. The van der Waals surface area contributed by atoms with Crippen molar-refractivity contribution >= 4 is 11.0 Å². The molecule has 0 aliphatic carbocycles. The molecule has 0 amide bonds. The number of para-hydroxylation sites is 3. The molecule has 296 valence electrons. The van der Waals surface area contributed by atoms with Gasteiger partial charge in [-0.15, -0.1) is 0 Å². The Hall–Kier alpha value is -8.75. The Kier molecular flexibility index (Phi) is 9.68. The number of rotatable bonds is 9. The van der Waals surface area contributed by atoms with Gasteiger partial charge in [0.05, 0.1) is 11.0 Å². The lowest BCUT2D eigenvalue weighted by atomic mass is 9.97. The molecule has 63 heavy (non-hydrogen) atoms. The average molecular weight is 809 g/mol. The normalized spacial score (nSPS) is 11.2. The summed E-state index contributed by atoms with van der Waals surface area (Å²) in [6.45, 7) is 0. The molecule has 0 spiro atoms. The second-order valence-electron chi connectivity index (χ2n) is 15.0. The van der Waals surface area contributed by atoms with Crippen molar-refractivity contribution in [2.45, 2.75) is 0 Å². The number of imidazole rings is 1. The highest BCUT2D eigenvalue weighted by Gasteiger charge is 2.19. The largest absolute Gasteiger partial charge is 0.292 e. The fraction of sp³-hybridized carbons (Fsp3) is 0. The predicted octanol–water partition coefficient (Wildman–Crippen LogP) is 12.7. The van der Waals surface area contributed by atoms with E-state index in [-0.39, 0.29) is 0 Å². The van der Waals surface area contributed by atoms with Gasteiger partial charge in [-0.1, -0.05) is 176 Å². The minimum absolute atomic E-state index is 0.527. The van der Waals surface area contributed by atoms with E-state index in [9.17, 15) is 0 Å². The van der Waals surface area contributed by atoms with Crippen LogP contribution in [0.5, 0.6) is 0 Å². The number of hydrogen-bond acceptors (Lipinski definition) is 7. The number of hydrogen-bond donors (Lipinski definition) is 0. The first-order chi connectivity index (χ1) is 31.2. The molecule has 11 rings (SSSR count). The Morgan fingerprint density at radius 1 is 0.238 bits per heavy atom. The van der Waals surface area contributed by atoms with Crippen LogP contribution in [0, 0.1) is 0 Å². The van der Waals surface area contributed by atoms with Crippen molar-refractivity contribution < 1.29 is 0 Å². The Morgan fingerprint density at radius 2 is 0.571 bits per heavy atom. The third-order valence-corrected chi connectivity index (χ3v) is 10.9. The van der Waals surface area contributed by atoms with Crippen LogP contribution in [0.3, 0.4) is 0 Å². The van der Waals surface area contributed by atoms with Gasteiger partial charge in [-0.3, -0.25) is 4.57 Å². The van der Waals surface area contributed by atoms with Crippen molar-refractivity contribution in [2.75, 3.05) is 0 Å². The summed E-state index contributed by atoms with van der Waals surface area (Å²) >= 11 is 0. The van der Waals surface area contributed by atoms with Crippen LogP contribution < -0.4 is 0 Å². The van der Waals surface area contributed by atoms with Gasteiger partial charge in [0, 0.05) is 44.6 Å². The molecule has 0 fully saturated rings. The highest BCUT2D eigenvalue weighted by molar-refractivity contribution is 5.85. The molecule has 0 bridgehead atoms. The van der Waals surface area contributed by atoms with E-state index in [2.05, 4.69) is 89.5 Å². The molecule has 3 aromatic heterocycles. The van der Waals surface area contributed by atoms with E-state index in [0.717, 1.165) is 72.6 Å².